The quantitative estimate of drug-likeness (QED) is 0.792. The zero-order valence-corrected chi connectivity index (χ0v) is 10.8. The zero-order chi connectivity index (χ0) is 15.0. The molecule has 0 radical (unpaired) electrons. The van der Waals surface area contributed by atoms with Gasteiger partial charge in [-0.15, -0.1) is 0 Å². The lowest BCUT2D eigenvalue weighted by Gasteiger charge is -1.99. The molecule has 0 atom stereocenters. The summed E-state index contributed by atoms with van der Waals surface area (Å²) in [5.41, 5.74) is 1.24. The molecule has 0 aliphatic rings. The van der Waals surface area contributed by atoms with E-state index in [-0.39, 0.29) is 17.8 Å². The van der Waals surface area contributed by atoms with Crippen LogP contribution in [0.5, 0.6) is 0 Å². The molecule has 0 amide bonds. The third-order valence-corrected chi connectivity index (χ3v) is 3.16. The molecule has 0 aliphatic carbocycles. The van der Waals surface area contributed by atoms with Crippen molar-refractivity contribution in [3.05, 3.63) is 59.7 Å². The van der Waals surface area contributed by atoms with Crippen LogP contribution in [0.15, 0.2) is 46.9 Å². The van der Waals surface area contributed by atoms with E-state index in [1.54, 1.807) is 18.2 Å². The lowest BCUT2D eigenvalue weighted by atomic mass is 10.1. The third kappa shape index (κ3) is 2.63. The van der Waals surface area contributed by atoms with E-state index in [9.17, 15) is 13.6 Å². The minimum Gasteiger partial charge on any atom is -0.481 e. The second-order valence-electron chi connectivity index (χ2n) is 4.66. The average molecular weight is 288 g/mol. The van der Waals surface area contributed by atoms with Gasteiger partial charge < -0.3 is 9.52 Å². The highest BCUT2D eigenvalue weighted by atomic mass is 19.1. The minimum absolute atomic E-state index is 0.269. The minimum atomic E-state index is -1.05. The Morgan fingerprint density at radius 1 is 1.05 bits per heavy atom. The van der Waals surface area contributed by atoms with Crippen molar-refractivity contribution in [3.63, 3.8) is 0 Å². The van der Waals surface area contributed by atoms with Crippen LogP contribution in [0, 0.1) is 11.6 Å². The van der Waals surface area contributed by atoms with Gasteiger partial charge in [-0.2, -0.15) is 0 Å². The SMILES string of the molecule is O=C(O)Cc1cc(F)cc2oc(-c3ccc(F)cc3)cc12. The van der Waals surface area contributed by atoms with Gasteiger partial charge in [-0.05, 0) is 42.0 Å². The van der Waals surface area contributed by atoms with Crippen molar-refractivity contribution in [1.29, 1.82) is 0 Å². The number of furan rings is 1. The Kier molecular flexibility index (Phi) is 3.17. The number of fused-ring (bicyclic) bond motifs is 1. The van der Waals surface area contributed by atoms with Crippen LogP contribution in [0.4, 0.5) is 8.78 Å². The molecule has 21 heavy (non-hydrogen) atoms. The van der Waals surface area contributed by atoms with Gasteiger partial charge in [-0.3, -0.25) is 4.79 Å². The first-order valence-electron chi connectivity index (χ1n) is 6.22. The summed E-state index contributed by atoms with van der Waals surface area (Å²) in [7, 11) is 0. The highest BCUT2D eigenvalue weighted by molar-refractivity contribution is 5.88. The Morgan fingerprint density at radius 3 is 2.43 bits per heavy atom. The van der Waals surface area contributed by atoms with Crippen molar-refractivity contribution in [2.45, 2.75) is 6.42 Å². The largest absolute Gasteiger partial charge is 0.481 e. The molecule has 0 spiro atoms. The maximum atomic E-state index is 13.5. The van der Waals surface area contributed by atoms with E-state index in [2.05, 4.69) is 0 Å². The van der Waals surface area contributed by atoms with Gasteiger partial charge in [-0.1, -0.05) is 0 Å². The monoisotopic (exact) mass is 288 g/mol. The average Bonchev–Trinajstić information content (AvgIpc) is 2.82. The van der Waals surface area contributed by atoms with Crippen LogP contribution in [0.1, 0.15) is 5.56 Å². The Balaban J connectivity index is 2.14. The summed E-state index contributed by atoms with van der Waals surface area (Å²) in [5, 5.41) is 9.42. The Hall–Kier alpha value is -2.69. The fourth-order valence-electron chi connectivity index (χ4n) is 2.24. The molecule has 5 heteroatoms. The molecule has 0 bridgehead atoms. The number of rotatable bonds is 3. The molecule has 0 saturated carbocycles. The topological polar surface area (TPSA) is 50.4 Å². The van der Waals surface area contributed by atoms with Gasteiger partial charge in [-0.25, -0.2) is 8.78 Å². The van der Waals surface area contributed by atoms with Gasteiger partial charge in [0.05, 0.1) is 6.42 Å². The summed E-state index contributed by atoms with van der Waals surface area (Å²) in [5.74, 6) is -1.54. The fraction of sp³-hybridized carbons (Fsp3) is 0.0625. The molecule has 0 unspecified atom stereocenters. The highest BCUT2D eigenvalue weighted by Crippen LogP contribution is 2.31. The van der Waals surface area contributed by atoms with Crippen molar-refractivity contribution >= 4 is 16.9 Å². The van der Waals surface area contributed by atoms with Crippen LogP contribution in [0.2, 0.25) is 0 Å². The second-order valence-corrected chi connectivity index (χ2v) is 4.66. The number of hydrogen-bond acceptors (Lipinski definition) is 2. The summed E-state index contributed by atoms with van der Waals surface area (Å²) in [4.78, 5) is 10.8. The maximum Gasteiger partial charge on any atom is 0.307 e. The Morgan fingerprint density at radius 2 is 1.76 bits per heavy atom. The van der Waals surface area contributed by atoms with E-state index in [0.717, 1.165) is 0 Å². The molecule has 1 heterocycles. The fourth-order valence-corrected chi connectivity index (χ4v) is 2.24. The van der Waals surface area contributed by atoms with Crippen LogP contribution < -0.4 is 0 Å². The molecule has 1 aromatic heterocycles. The first-order chi connectivity index (χ1) is 10.0. The number of aliphatic carboxylic acids is 1. The number of carboxylic acid groups (broad SMARTS) is 1. The summed E-state index contributed by atoms with van der Waals surface area (Å²) in [6.45, 7) is 0. The van der Waals surface area contributed by atoms with Gasteiger partial charge in [0.2, 0.25) is 0 Å². The molecule has 3 rings (SSSR count). The lowest BCUT2D eigenvalue weighted by Crippen LogP contribution is -2.00. The molecule has 3 nitrogen and oxygen atoms in total. The molecule has 0 fully saturated rings. The van der Waals surface area contributed by atoms with E-state index in [1.165, 1.54) is 24.3 Å². The number of hydrogen-bond donors (Lipinski definition) is 1. The number of carbonyl (C=O) groups is 1. The van der Waals surface area contributed by atoms with Crippen molar-refractivity contribution in [2.24, 2.45) is 0 Å². The zero-order valence-electron chi connectivity index (χ0n) is 10.8. The standard InChI is InChI=1S/C16H10F2O3/c17-11-3-1-9(2-4-11)14-8-13-10(6-16(19)20)5-12(18)7-15(13)21-14/h1-5,7-8H,6H2,(H,19,20). The lowest BCUT2D eigenvalue weighted by molar-refractivity contribution is -0.136. The summed E-state index contributed by atoms with van der Waals surface area (Å²) >= 11 is 0. The van der Waals surface area contributed by atoms with E-state index in [4.69, 9.17) is 9.52 Å². The predicted molar refractivity (Wildman–Crippen MR) is 72.9 cm³/mol. The summed E-state index contributed by atoms with van der Waals surface area (Å²) in [6, 6.07) is 9.69. The molecule has 3 aromatic rings. The molecule has 1 N–H and O–H groups in total. The number of carboxylic acids is 1. The van der Waals surface area contributed by atoms with Gasteiger partial charge in [0, 0.05) is 17.0 Å². The molecule has 106 valence electrons. The molecule has 0 aliphatic heterocycles. The van der Waals surface area contributed by atoms with Crippen molar-refractivity contribution in [1.82, 2.24) is 0 Å². The summed E-state index contributed by atoms with van der Waals surface area (Å²) < 4.78 is 32.0. The van der Waals surface area contributed by atoms with Crippen LogP contribution in [0.3, 0.4) is 0 Å². The third-order valence-electron chi connectivity index (χ3n) is 3.16. The van der Waals surface area contributed by atoms with Crippen LogP contribution >= 0.6 is 0 Å². The highest BCUT2D eigenvalue weighted by Gasteiger charge is 2.13. The van der Waals surface area contributed by atoms with Gasteiger partial charge in [0.1, 0.15) is 23.0 Å². The van der Waals surface area contributed by atoms with Crippen LogP contribution in [0.25, 0.3) is 22.3 Å². The first-order valence-corrected chi connectivity index (χ1v) is 6.22. The van der Waals surface area contributed by atoms with Gasteiger partial charge in [0.15, 0.2) is 0 Å². The van der Waals surface area contributed by atoms with E-state index in [0.29, 0.717) is 22.3 Å². The maximum absolute atomic E-state index is 13.5. The smallest absolute Gasteiger partial charge is 0.307 e. The van der Waals surface area contributed by atoms with Crippen LogP contribution in [-0.2, 0) is 11.2 Å². The van der Waals surface area contributed by atoms with Crippen molar-refractivity contribution in [2.75, 3.05) is 0 Å². The van der Waals surface area contributed by atoms with Gasteiger partial charge in [0.25, 0.3) is 0 Å². The predicted octanol–water partition coefficient (Wildman–Crippen LogP) is 4.01. The van der Waals surface area contributed by atoms with Crippen molar-refractivity contribution < 1.29 is 23.1 Å². The second kappa shape index (κ2) is 5.01. The molecular weight excluding hydrogens is 278 g/mol. The summed E-state index contributed by atoms with van der Waals surface area (Å²) in [6.07, 6.45) is -0.295. The number of halogens is 2. The van der Waals surface area contributed by atoms with E-state index >= 15 is 0 Å². The normalized spacial score (nSPS) is 11.0. The molecule has 2 aromatic carbocycles. The van der Waals surface area contributed by atoms with Gasteiger partial charge >= 0.3 is 5.97 Å². The molecular formula is C16H10F2O3. The first kappa shape index (κ1) is 13.3. The number of benzene rings is 2. The Labute approximate surface area is 118 Å². The van der Waals surface area contributed by atoms with E-state index < -0.39 is 11.8 Å². The Bertz CT molecular complexity index is 819. The van der Waals surface area contributed by atoms with E-state index in [1.807, 2.05) is 0 Å². The molecule has 0 saturated heterocycles. The van der Waals surface area contributed by atoms with Crippen molar-refractivity contribution in [3.8, 4) is 11.3 Å². The van der Waals surface area contributed by atoms with Crippen LogP contribution in [-0.4, -0.2) is 11.1 Å².